The Morgan fingerprint density at radius 3 is 2.86 bits per heavy atom. The van der Waals surface area contributed by atoms with Crippen LogP contribution in [0.4, 0.5) is 0 Å². The molecule has 0 aliphatic carbocycles. The monoisotopic (exact) mass is 304 g/mol. The van der Waals surface area contributed by atoms with Gasteiger partial charge in [-0.15, -0.1) is 10.2 Å². The van der Waals surface area contributed by atoms with E-state index in [-0.39, 0.29) is 5.91 Å². The summed E-state index contributed by atoms with van der Waals surface area (Å²) in [7, 11) is 0. The minimum Gasteiger partial charge on any atom is -0.370 e. The number of carbonyl (C=O) groups excluding carboxylic acids is 1. The Morgan fingerprint density at radius 2 is 2.19 bits per heavy atom. The highest BCUT2D eigenvalue weighted by atomic mass is 32.2. The molecular formula is C15H20N4OS. The maximum Gasteiger partial charge on any atom is 0.218 e. The number of aromatic nitrogens is 3. The number of hydrogen-bond donors (Lipinski definition) is 1. The van der Waals surface area contributed by atoms with E-state index in [1.807, 2.05) is 12.1 Å². The number of rotatable bonds is 7. The van der Waals surface area contributed by atoms with E-state index in [2.05, 4.69) is 40.7 Å². The number of thioether (sulfide) groups is 1. The second kappa shape index (κ2) is 7.26. The molecule has 1 aromatic carbocycles. The van der Waals surface area contributed by atoms with Gasteiger partial charge in [0, 0.05) is 24.3 Å². The fourth-order valence-corrected chi connectivity index (χ4v) is 2.98. The molecule has 0 bridgehead atoms. The largest absolute Gasteiger partial charge is 0.370 e. The zero-order valence-electron chi connectivity index (χ0n) is 12.4. The summed E-state index contributed by atoms with van der Waals surface area (Å²) in [6.45, 7) is 5.04. The maximum atomic E-state index is 10.8. The van der Waals surface area contributed by atoms with Crippen molar-refractivity contribution in [2.45, 2.75) is 38.4 Å². The quantitative estimate of drug-likeness (QED) is 0.798. The van der Waals surface area contributed by atoms with E-state index in [1.54, 1.807) is 0 Å². The van der Waals surface area contributed by atoms with Gasteiger partial charge in [0.1, 0.15) is 0 Å². The first kappa shape index (κ1) is 15.6. The van der Waals surface area contributed by atoms with E-state index in [4.69, 9.17) is 5.73 Å². The van der Waals surface area contributed by atoms with Crippen molar-refractivity contribution in [2.24, 2.45) is 5.73 Å². The zero-order valence-corrected chi connectivity index (χ0v) is 13.2. The first-order valence-corrected chi connectivity index (χ1v) is 8.01. The van der Waals surface area contributed by atoms with Crippen LogP contribution < -0.4 is 5.73 Å². The molecule has 1 heterocycles. The molecule has 0 aliphatic rings. The van der Waals surface area contributed by atoms with E-state index in [9.17, 15) is 4.79 Å². The number of carbonyl (C=O) groups is 1. The molecule has 0 fully saturated rings. The van der Waals surface area contributed by atoms with Crippen LogP contribution in [0.15, 0.2) is 29.4 Å². The predicted octanol–water partition coefficient (Wildman–Crippen LogP) is 2.63. The third-order valence-electron chi connectivity index (χ3n) is 3.02. The molecule has 2 rings (SSSR count). The van der Waals surface area contributed by atoms with Gasteiger partial charge in [0.05, 0.1) is 0 Å². The summed E-state index contributed by atoms with van der Waals surface area (Å²) in [4.78, 5) is 10.8. The Hall–Kier alpha value is -1.82. The molecule has 1 aromatic heterocycles. The fraction of sp³-hybridized carbons (Fsp3) is 0.400. The lowest BCUT2D eigenvalue weighted by molar-refractivity contribution is -0.117. The van der Waals surface area contributed by atoms with Gasteiger partial charge in [0.15, 0.2) is 11.0 Å². The van der Waals surface area contributed by atoms with E-state index < -0.39 is 0 Å². The van der Waals surface area contributed by atoms with Crippen molar-refractivity contribution in [1.82, 2.24) is 14.8 Å². The molecule has 0 unspecified atom stereocenters. The first-order chi connectivity index (χ1) is 10.1. The lowest BCUT2D eigenvalue weighted by Crippen LogP contribution is -2.11. The van der Waals surface area contributed by atoms with Crippen LogP contribution in [0.2, 0.25) is 0 Å². The van der Waals surface area contributed by atoms with Crippen LogP contribution in [0, 0.1) is 6.92 Å². The molecule has 5 nitrogen and oxygen atoms in total. The van der Waals surface area contributed by atoms with E-state index in [1.165, 1.54) is 17.3 Å². The van der Waals surface area contributed by atoms with Gasteiger partial charge in [-0.2, -0.15) is 0 Å². The van der Waals surface area contributed by atoms with Crippen molar-refractivity contribution in [3.63, 3.8) is 0 Å². The number of primary amides is 1. The molecule has 0 aliphatic heterocycles. The van der Waals surface area contributed by atoms with Gasteiger partial charge in [-0.1, -0.05) is 42.4 Å². The first-order valence-electron chi connectivity index (χ1n) is 7.03. The van der Waals surface area contributed by atoms with Crippen molar-refractivity contribution in [3.8, 4) is 11.4 Å². The maximum absolute atomic E-state index is 10.8. The Kier molecular flexibility index (Phi) is 5.38. The average Bonchev–Trinajstić information content (AvgIpc) is 2.82. The highest BCUT2D eigenvalue weighted by Crippen LogP contribution is 2.25. The summed E-state index contributed by atoms with van der Waals surface area (Å²) in [5.74, 6) is 1.22. The molecule has 2 aromatic rings. The second-order valence-corrected chi connectivity index (χ2v) is 5.95. The van der Waals surface area contributed by atoms with E-state index in [0.29, 0.717) is 12.2 Å². The highest BCUT2D eigenvalue weighted by Gasteiger charge is 2.14. The molecule has 0 radical (unpaired) electrons. The summed E-state index contributed by atoms with van der Waals surface area (Å²) < 4.78 is 2.11. The smallest absolute Gasteiger partial charge is 0.218 e. The number of hydrogen-bond acceptors (Lipinski definition) is 4. The number of amides is 1. The van der Waals surface area contributed by atoms with Gasteiger partial charge in [-0.05, 0) is 19.4 Å². The number of nitrogens with zero attached hydrogens (tertiary/aromatic N) is 3. The molecule has 2 N–H and O–H groups in total. The SMILES string of the molecule is CCCn1c(SCCC(N)=O)nnc1-c1cccc(C)c1. The summed E-state index contributed by atoms with van der Waals surface area (Å²) in [6, 6.07) is 8.23. The normalized spacial score (nSPS) is 10.8. The topological polar surface area (TPSA) is 73.8 Å². The van der Waals surface area contributed by atoms with Crippen molar-refractivity contribution in [3.05, 3.63) is 29.8 Å². The van der Waals surface area contributed by atoms with Crippen molar-refractivity contribution in [2.75, 3.05) is 5.75 Å². The molecule has 0 saturated carbocycles. The van der Waals surface area contributed by atoms with Crippen LogP contribution in [0.1, 0.15) is 25.3 Å². The standard InChI is InChI=1S/C15H20N4OS/c1-3-8-19-14(12-6-4-5-11(2)10-12)17-18-15(19)21-9-7-13(16)20/h4-6,10H,3,7-9H2,1-2H3,(H2,16,20). The molecule has 0 saturated heterocycles. The summed E-state index contributed by atoms with van der Waals surface area (Å²) >= 11 is 1.52. The van der Waals surface area contributed by atoms with Gasteiger partial charge in [0.25, 0.3) is 0 Å². The minimum absolute atomic E-state index is 0.289. The molecule has 1 amide bonds. The number of benzene rings is 1. The Morgan fingerprint density at radius 1 is 1.38 bits per heavy atom. The molecular weight excluding hydrogens is 284 g/mol. The fourth-order valence-electron chi connectivity index (χ4n) is 2.06. The zero-order chi connectivity index (χ0) is 15.2. The lowest BCUT2D eigenvalue weighted by Gasteiger charge is -2.09. The summed E-state index contributed by atoms with van der Waals surface area (Å²) in [6.07, 6.45) is 1.35. The van der Waals surface area contributed by atoms with Gasteiger partial charge in [-0.25, -0.2) is 0 Å². The van der Waals surface area contributed by atoms with Gasteiger partial charge in [0.2, 0.25) is 5.91 Å². The summed E-state index contributed by atoms with van der Waals surface area (Å²) in [5, 5.41) is 9.42. The Bertz CT molecular complexity index is 624. The average molecular weight is 304 g/mol. The van der Waals surface area contributed by atoms with Crippen molar-refractivity contribution >= 4 is 17.7 Å². The van der Waals surface area contributed by atoms with E-state index >= 15 is 0 Å². The minimum atomic E-state index is -0.289. The number of aryl methyl sites for hydroxylation is 1. The van der Waals surface area contributed by atoms with Gasteiger partial charge < -0.3 is 10.3 Å². The molecule has 0 spiro atoms. The van der Waals surface area contributed by atoms with Crippen LogP contribution in [-0.2, 0) is 11.3 Å². The second-order valence-electron chi connectivity index (χ2n) is 4.89. The Labute approximate surface area is 128 Å². The molecule has 21 heavy (non-hydrogen) atoms. The third-order valence-corrected chi connectivity index (χ3v) is 3.99. The molecule has 6 heteroatoms. The molecule has 112 valence electrons. The van der Waals surface area contributed by atoms with Gasteiger partial charge >= 0.3 is 0 Å². The van der Waals surface area contributed by atoms with Crippen LogP contribution in [-0.4, -0.2) is 26.4 Å². The third kappa shape index (κ3) is 4.07. The highest BCUT2D eigenvalue weighted by molar-refractivity contribution is 7.99. The van der Waals surface area contributed by atoms with Crippen LogP contribution in [0.5, 0.6) is 0 Å². The predicted molar refractivity (Wildman–Crippen MR) is 85.0 cm³/mol. The van der Waals surface area contributed by atoms with Crippen LogP contribution >= 0.6 is 11.8 Å². The lowest BCUT2D eigenvalue weighted by atomic mass is 10.1. The van der Waals surface area contributed by atoms with E-state index in [0.717, 1.165) is 29.5 Å². The van der Waals surface area contributed by atoms with Crippen molar-refractivity contribution < 1.29 is 4.79 Å². The van der Waals surface area contributed by atoms with Crippen LogP contribution in [0.25, 0.3) is 11.4 Å². The van der Waals surface area contributed by atoms with Crippen LogP contribution in [0.3, 0.4) is 0 Å². The molecule has 0 atom stereocenters. The number of nitrogens with two attached hydrogens (primary N) is 1. The summed E-state index contributed by atoms with van der Waals surface area (Å²) in [5.41, 5.74) is 7.43. The van der Waals surface area contributed by atoms with Crippen molar-refractivity contribution in [1.29, 1.82) is 0 Å². The van der Waals surface area contributed by atoms with Gasteiger partial charge in [-0.3, -0.25) is 4.79 Å². The Balaban J connectivity index is 2.25.